The van der Waals surface area contributed by atoms with Gasteiger partial charge in [-0.2, -0.15) is 0 Å². The second kappa shape index (κ2) is 3.88. The van der Waals surface area contributed by atoms with Gasteiger partial charge in [0.2, 0.25) is 0 Å². The van der Waals surface area contributed by atoms with Crippen molar-refractivity contribution >= 4 is 0 Å². The highest BCUT2D eigenvalue weighted by molar-refractivity contribution is 4.97. The third-order valence-corrected chi connectivity index (χ3v) is 3.45. The summed E-state index contributed by atoms with van der Waals surface area (Å²) in [6.07, 6.45) is -2.53. The maximum Gasteiger partial charge on any atom is 0.190 e. The zero-order valence-corrected chi connectivity index (χ0v) is 11.1. The van der Waals surface area contributed by atoms with Gasteiger partial charge < -0.3 is 28.8 Å². The molecule has 0 aliphatic carbocycles. The van der Waals surface area contributed by atoms with E-state index in [-0.39, 0.29) is 6.10 Å². The summed E-state index contributed by atoms with van der Waals surface area (Å²) in [5, 5.41) is 10.3. The van der Waals surface area contributed by atoms with Crippen LogP contribution in [0.3, 0.4) is 0 Å². The normalized spacial score (nSPS) is 49.5. The van der Waals surface area contributed by atoms with Crippen LogP contribution in [0.2, 0.25) is 0 Å². The highest BCUT2D eigenvalue weighted by Crippen LogP contribution is 2.40. The molecule has 6 heteroatoms. The van der Waals surface area contributed by atoms with Gasteiger partial charge in [-0.05, 0) is 27.7 Å². The van der Waals surface area contributed by atoms with Crippen molar-refractivity contribution in [3.05, 3.63) is 0 Å². The summed E-state index contributed by atoms with van der Waals surface area (Å²) < 4.78 is 28.1. The Bertz CT molecular complexity index is 341. The smallest absolute Gasteiger partial charge is 0.190 e. The van der Waals surface area contributed by atoms with Gasteiger partial charge in [0.05, 0.1) is 6.61 Å². The van der Waals surface area contributed by atoms with Gasteiger partial charge in [0, 0.05) is 0 Å². The minimum atomic E-state index is -0.765. The van der Waals surface area contributed by atoms with E-state index in [0.717, 1.165) is 0 Å². The Labute approximate surface area is 106 Å². The fraction of sp³-hybridized carbons (Fsp3) is 1.00. The van der Waals surface area contributed by atoms with E-state index >= 15 is 0 Å². The Morgan fingerprint density at radius 1 is 0.944 bits per heavy atom. The maximum atomic E-state index is 10.3. The highest BCUT2D eigenvalue weighted by atomic mass is 16.8. The molecule has 3 heterocycles. The highest BCUT2D eigenvalue weighted by Gasteiger charge is 2.57. The Balaban J connectivity index is 1.68. The summed E-state index contributed by atoms with van der Waals surface area (Å²) >= 11 is 0. The molecule has 3 saturated heterocycles. The molecule has 104 valence electrons. The summed E-state index contributed by atoms with van der Waals surface area (Å²) in [6, 6.07) is 0. The monoisotopic (exact) mass is 260 g/mol. The number of ether oxygens (including phenoxy) is 5. The van der Waals surface area contributed by atoms with Crippen molar-refractivity contribution in [1.82, 2.24) is 0 Å². The van der Waals surface area contributed by atoms with Gasteiger partial charge in [0.25, 0.3) is 0 Å². The maximum absolute atomic E-state index is 10.3. The lowest BCUT2D eigenvalue weighted by Gasteiger charge is -2.26. The predicted octanol–water partition coefficient (Wildman–Crippen LogP) is 0.375. The number of aliphatic hydroxyl groups excluding tert-OH is 1. The second-order valence-corrected chi connectivity index (χ2v) is 5.93. The minimum Gasteiger partial charge on any atom is -0.387 e. The van der Waals surface area contributed by atoms with Crippen LogP contribution in [0.15, 0.2) is 0 Å². The third kappa shape index (κ3) is 2.07. The predicted molar refractivity (Wildman–Crippen MR) is 59.6 cm³/mol. The van der Waals surface area contributed by atoms with E-state index in [2.05, 4.69) is 0 Å². The van der Waals surface area contributed by atoms with Crippen LogP contribution in [0.1, 0.15) is 27.7 Å². The van der Waals surface area contributed by atoms with Gasteiger partial charge in [0.1, 0.15) is 24.4 Å². The van der Waals surface area contributed by atoms with E-state index in [1.807, 2.05) is 13.8 Å². The molecule has 6 nitrogen and oxygen atoms in total. The van der Waals surface area contributed by atoms with E-state index in [1.54, 1.807) is 13.8 Å². The van der Waals surface area contributed by atoms with Crippen LogP contribution >= 0.6 is 0 Å². The van der Waals surface area contributed by atoms with Gasteiger partial charge in [-0.1, -0.05) is 0 Å². The van der Waals surface area contributed by atoms with Crippen LogP contribution in [0.4, 0.5) is 0 Å². The Hall–Kier alpha value is -0.240. The van der Waals surface area contributed by atoms with Crippen LogP contribution < -0.4 is 0 Å². The lowest BCUT2D eigenvalue weighted by atomic mass is 10.1. The molecule has 0 saturated carbocycles. The largest absolute Gasteiger partial charge is 0.387 e. The molecular formula is C12H20O6. The van der Waals surface area contributed by atoms with Crippen LogP contribution in [0.5, 0.6) is 0 Å². The first-order valence-corrected chi connectivity index (χ1v) is 6.28. The van der Waals surface area contributed by atoms with Crippen LogP contribution in [0, 0.1) is 0 Å². The topological polar surface area (TPSA) is 66.4 Å². The van der Waals surface area contributed by atoms with Crippen molar-refractivity contribution in [3.63, 3.8) is 0 Å². The molecule has 1 N–H and O–H groups in total. The first kappa shape index (κ1) is 12.8. The molecule has 0 aromatic carbocycles. The van der Waals surface area contributed by atoms with E-state index in [9.17, 15) is 5.11 Å². The molecule has 3 fully saturated rings. The molecule has 18 heavy (non-hydrogen) atoms. The van der Waals surface area contributed by atoms with Crippen molar-refractivity contribution in [2.45, 2.75) is 70.0 Å². The molecule has 0 radical (unpaired) electrons. The van der Waals surface area contributed by atoms with Crippen LogP contribution in [-0.4, -0.2) is 54.0 Å². The molecular weight excluding hydrogens is 240 g/mol. The third-order valence-electron chi connectivity index (χ3n) is 3.45. The fourth-order valence-electron chi connectivity index (χ4n) is 2.70. The standard InChI is InChI=1S/C12H20O6/c1-11(2)14-5-6(16-11)8-7(13)9-10(15-8)18-12(3,4)17-9/h6-10,13H,5H2,1-4H3/t6-,7?,8?,9+,10?/m1/s1. The summed E-state index contributed by atoms with van der Waals surface area (Å²) in [7, 11) is 0. The lowest BCUT2D eigenvalue weighted by Crippen LogP contribution is -2.42. The number of fused-ring (bicyclic) bond motifs is 1. The summed E-state index contributed by atoms with van der Waals surface area (Å²) in [6.45, 7) is 7.68. The number of aliphatic hydroxyl groups is 1. The molecule has 0 amide bonds. The fourth-order valence-corrected chi connectivity index (χ4v) is 2.70. The van der Waals surface area contributed by atoms with Gasteiger partial charge in [-0.15, -0.1) is 0 Å². The van der Waals surface area contributed by atoms with Crippen molar-refractivity contribution in [2.24, 2.45) is 0 Å². The Morgan fingerprint density at radius 3 is 2.22 bits per heavy atom. The molecule has 0 aromatic rings. The Morgan fingerprint density at radius 2 is 1.67 bits per heavy atom. The van der Waals surface area contributed by atoms with Gasteiger partial charge in [0.15, 0.2) is 17.9 Å². The quantitative estimate of drug-likeness (QED) is 0.735. The first-order valence-electron chi connectivity index (χ1n) is 6.28. The molecule has 0 bridgehead atoms. The van der Waals surface area contributed by atoms with Crippen LogP contribution in [-0.2, 0) is 23.7 Å². The van der Waals surface area contributed by atoms with Crippen molar-refractivity contribution in [2.75, 3.05) is 6.61 Å². The SMILES string of the molecule is CC1(C)OC2OC([C@H]3COC(C)(C)O3)C(O)[C@@H]2O1. The summed E-state index contributed by atoms with van der Waals surface area (Å²) in [5.41, 5.74) is 0. The summed E-state index contributed by atoms with van der Waals surface area (Å²) in [4.78, 5) is 0. The number of rotatable bonds is 1. The lowest BCUT2D eigenvalue weighted by molar-refractivity contribution is -0.232. The minimum absolute atomic E-state index is 0.295. The first-order chi connectivity index (χ1) is 8.27. The van der Waals surface area contributed by atoms with E-state index in [4.69, 9.17) is 23.7 Å². The van der Waals surface area contributed by atoms with Crippen molar-refractivity contribution in [3.8, 4) is 0 Å². The second-order valence-electron chi connectivity index (χ2n) is 5.93. The zero-order valence-electron chi connectivity index (χ0n) is 11.1. The molecule has 5 atom stereocenters. The zero-order chi connectivity index (χ0) is 13.1. The van der Waals surface area contributed by atoms with Gasteiger partial charge in [-0.25, -0.2) is 0 Å². The van der Waals surface area contributed by atoms with Crippen molar-refractivity contribution in [1.29, 1.82) is 0 Å². The Kier molecular flexibility index (Phi) is 2.75. The average Bonchev–Trinajstić information content (AvgIpc) is 2.81. The molecule has 3 unspecified atom stereocenters. The molecule has 3 aliphatic rings. The van der Waals surface area contributed by atoms with Crippen LogP contribution in [0.25, 0.3) is 0 Å². The number of hydrogen-bond acceptors (Lipinski definition) is 6. The van der Waals surface area contributed by atoms with E-state index in [0.29, 0.717) is 6.61 Å². The average molecular weight is 260 g/mol. The molecule has 3 rings (SSSR count). The summed E-state index contributed by atoms with van der Waals surface area (Å²) in [5.74, 6) is -1.35. The molecule has 0 spiro atoms. The molecule has 3 aliphatic heterocycles. The number of hydrogen-bond donors (Lipinski definition) is 1. The van der Waals surface area contributed by atoms with E-state index < -0.39 is 36.2 Å². The van der Waals surface area contributed by atoms with Gasteiger partial charge >= 0.3 is 0 Å². The van der Waals surface area contributed by atoms with Crippen molar-refractivity contribution < 1.29 is 28.8 Å². The van der Waals surface area contributed by atoms with Gasteiger partial charge in [-0.3, -0.25) is 0 Å². The molecule has 0 aromatic heterocycles. The van der Waals surface area contributed by atoms with E-state index in [1.165, 1.54) is 0 Å².